The minimum Gasteiger partial charge on any atom is -0.493 e. The molecule has 3 heteroatoms. The predicted molar refractivity (Wildman–Crippen MR) is 59.5 cm³/mol. The van der Waals surface area contributed by atoms with Crippen LogP contribution in [0.2, 0.25) is 0 Å². The Labute approximate surface area is 94.7 Å². The SMILES string of the molecule is C/C(OCc1ccccc1)=C1/CCOC1=O. The van der Waals surface area contributed by atoms with E-state index in [9.17, 15) is 4.79 Å². The molecule has 1 aliphatic rings. The van der Waals surface area contributed by atoms with Gasteiger partial charge in [-0.1, -0.05) is 30.3 Å². The Bertz CT molecular complexity index is 406. The summed E-state index contributed by atoms with van der Waals surface area (Å²) in [7, 11) is 0. The number of carbonyl (C=O) groups is 1. The number of esters is 1. The van der Waals surface area contributed by atoms with Crippen LogP contribution in [-0.4, -0.2) is 12.6 Å². The molecule has 0 N–H and O–H groups in total. The first kappa shape index (κ1) is 10.7. The molecule has 3 nitrogen and oxygen atoms in total. The fourth-order valence-electron chi connectivity index (χ4n) is 1.61. The van der Waals surface area contributed by atoms with Gasteiger partial charge in [-0.2, -0.15) is 0 Å². The predicted octanol–water partition coefficient (Wildman–Crippen LogP) is 2.42. The van der Waals surface area contributed by atoms with Crippen molar-refractivity contribution in [1.82, 2.24) is 0 Å². The highest BCUT2D eigenvalue weighted by atomic mass is 16.5. The quantitative estimate of drug-likeness (QED) is 0.444. The summed E-state index contributed by atoms with van der Waals surface area (Å²) in [6, 6.07) is 9.87. The molecule has 2 rings (SSSR count). The molecular formula is C13H14O3. The molecule has 1 heterocycles. The molecule has 1 fully saturated rings. The molecule has 0 atom stereocenters. The topological polar surface area (TPSA) is 35.5 Å². The maximum absolute atomic E-state index is 11.3. The van der Waals surface area contributed by atoms with Gasteiger partial charge in [0.2, 0.25) is 0 Å². The van der Waals surface area contributed by atoms with E-state index in [2.05, 4.69) is 0 Å². The molecule has 0 aromatic heterocycles. The molecule has 0 bridgehead atoms. The van der Waals surface area contributed by atoms with E-state index in [-0.39, 0.29) is 5.97 Å². The molecule has 1 saturated heterocycles. The largest absolute Gasteiger partial charge is 0.493 e. The number of cyclic esters (lactones) is 1. The summed E-state index contributed by atoms with van der Waals surface area (Å²) >= 11 is 0. The lowest BCUT2D eigenvalue weighted by Gasteiger charge is -2.07. The van der Waals surface area contributed by atoms with Crippen molar-refractivity contribution in [2.75, 3.05) is 6.61 Å². The standard InChI is InChI=1S/C13H14O3/c1-10(12-7-8-15-13(12)14)16-9-11-5-3-2-4-6-11/h2-6H,7-9H2,1H3/b12-10+. The molecule has 0 unspecified atom stereocenters. The zero-order valence-corrected chi connectivity index (χ0v) is 9.23. The zero-order valence-electron chi connectivity index (χ0n) is 9.23. The minimum absolute atomic E-state index is 0.245. The van der Waals surface area contributed by atoms with Crippen LogP contribution >= 0.6 is 0 Å². The molecular weight excluding hydrogens is 204 g/mol. The third-order valence-corrected chi connectivity index (χ3v) is 2.55. The highest BCUT2D eigenvalue weighted by Gasteiger charge is 2.22. The first-order valence-electron chi connectivity index (χ1n) is 5.31. The van der Waals surface area contributed by atoms with E-state index >= 15 is 0 Å². The van der Waals surface area contributed by atoms with Crippen LogP contribution in [0.1, 0.15) is 18.9 Å². The lowest BCUT2D eigenvalue weighted by atomic mass is 10.2. The third kappa shape index (κ3) is 2.42. The summed E-state index contributed by atoms with van der Waals surface area (Å²) in [6.07, 6.45) is 0.652. The average molecular weight is 218 g/mol. The highest BCUT2D eigenvalue weighted by Crippen LogP contribution is 2.19. The van der Waals surface area contributed by atoms with E-state index in [1.807, 2.05) is 37.3 Å². The van der Waals surface area contributed by atoms with E-state index in [0.29, 0.717) is 31.0 Å². The van der Waals surface area contributed by atoms with Crippen molar-refractivity contribution in [3.05, 3.63) is 47.2 Å². The number of rotatable bonds is 3. The molecule has 1 aromatic carbocycles. The second-order valence-corrected chi connectivity index (χ2v) is 3.69. The Morgan fingerprint density at radius 3 is 2.75 bits per heavy atom. The van der Waals surface area contributed by atoms with Crippen LogP contribution in [0.4, 0.5) is 0 Å². The van der Waals surface area contributed by atoms with Gasteiger partial charge in [0.25, 0.3) is 0 Å². The third-order valence-electron chi connectivity index (χ3n) is 2.55. The van der Waals surface area contributed by atoms with Crippen molar-refractivity contribution in [3.63, 3.8) is 0 Å². The summed E-state index contributed by atoms with van der Waals surface area (Å²) in [5, 5.41) is 0. The van der Waals surface area contributed by atoms with Crippen molar-refractivity contribution >= 4 is 5.97 Å². The van der Waals surface area contributed by atoms with Crippen LogP contribution in [0, 0.1) is 0 Å². The fraction of sp³-hybridized carbons (Fsp3) is 0.308. The zero-order chi connectivity index (χ0) is 11.4. The second-order valence-electron chi connectivity index (χ2n) is 3.69. The van der Waals surface area contributed by atoms with E-state index in [4.69, 9.17) is 9.47 Å². The van der Waals surface area contributed by atoms with Gasteiger partial charge in [-0.15, -0.1) is 0 Å². The summed E-state index contributed by atoms with van der Waals surface area (Å²) in [5.74, 6) is 0.428. The summed E-state index contributed by atoms with van der Waals surface area (Å²) < 4.78 is 10.4. The van der Waals surface area contributed by atoms with Crippen molar-refractivity contribution in [3.8, 4) is 0 Å². The maximum Gasteiger partial charge on any atom is 0.337 e. The van der Waals surface area contributed by atoms with E-state index < -0.39 is 0 Å². The van der Waals surface area contributed by atoms with Gasteiger partial charge in [-0.25, -0.2) is 4.79 Å². The van der Waals surface area contributed by atoms with E-state index in [1.54, 1.807) is 0 Å². The Kier molecular flexibility index (Phi) is 3.25. The first-order chi connectivity index (χ1) is 7.77. The summed E-state index contributed by atoms with van der Waals surface area (Å²) in [6.45, 7) is 2.77. The van der Waals surface area contributed by atoms with Gasteiger partial charge in [0.1, 0.15) is 12.4 Å². The smallest absolute Gasteiger partial charge is 0.337 e. The van der Waals surface area contributed by atoms with Crippen molar-refractivity contribution in [2.45, 2.75) is 20.0 Å². The second kappa shape index (κ2) is 4.84. The normalized spacial score (nSPS) is 18.2. The molecule has 0 aliphatic carbocycles. The fourth-order valence-corrected chi connectivity index (χ4v) is 1.61. The Hall–Kier alpha value is -1.77. The maximum atomic E-state index is 11.3. The molecule has 1 aromatic rings. The van der Waals surface area contributed by atoms with Gasteiger partial charge >= 0.3 is 5.97 Å². The average Bonchev–Trinajstić information content (AvgIpc) is 2.74. The van der Waals surface area contributed by atoms with Gasteiger partial charge in [0, 0.05) is 6.42 Å². The summed E-state index contributed by atoms with van der Waals surface area (Å²) in [5.41, 5.74) is 1.75. The summed E-state index contributed by atoms with van der Waals surface area (Å²) in [4.78, 5) is 11.3. The number of ether oxygens (including phenoxy) is 2. The first-order valence-corrected chi connectivity index (χ1v) is 5.31. The van der Waals surface area contributed by atoms with E-state index in [0.717, 1.165) is 5.56 Å². The van der Waals surface area contributed by atoms with Crippen molar-refractivity contribution in [1.29, 1.82) is 0 Å². The van der Waals surface area contributed by atoms with Crippen molar-refractivity contribution < 1.29 is 14.3 Å². The van der Waals surface area contributed by atoms with Crippen LogP contribution < -0.4 is 0 Å². The molecule has 84 valence electrons. The molecule has 0 spiro atoms. The highest BCUT2D eigenvalue weighted by molar-refractivity contribution is 5.90. The molecule has 0 saturated carbocycles. The number of carbonyl (C=O) groups excluding carboxylic acids is 1. The van der Waals surface area contributed by atoms with Crippen LogP contribution in [0.15, 0.2) is 41.7 Å². The number of hydrogen-bond donors (Lipinski definition) is 0. The molecule has 1 aliphatic heterocycles. The van der Waals surface area contributed by atoms with Gasteiger partial charge in [-0.05, 0) is 12.5 Å². The Morgan fingerprint density at radius 2 is 2.12 bits per heavy atom. The van der Waals surface area contributed by atoms with Crippen LogP contribution in [0.25, 0.3) is 0 Å². The van der Waals surface area contributed by atoms with Crippen LogP contribution in [-0.2, 0) is 20.9 Å². The van der Waals surface area contributed by atoms with Crippen LogP contribution in [0.3, 0.4) is 0 Å². The number of hydrogen-bond acceptors (Lipinski definition) is 3. The molecule has 16 heavy (non-hydrogen) atoms. The van der Waals surface area contributed by atoms with Gasteiger partial charge in [-0.3, -0.25) is 0 Å². The lowest BCUT2D eigenvalue weighted by molar-refractivity contribution is -0.135. The van der Waals surface area contributed by atoms with E-state index in [1.165, 1.54) is 0 Å². The Morgan fingerprint density at radius 1 is 1.38 bits per heavy atom. The lowest BCUT2D eigenvalue weighted by Crippen LogP contribution is -2.00. The number of allylic oxidation sites excluding steroid dienone is 1. The minimum atomic E-state index is -0.245. The monoisotopic (exact) mass is 218 g/mol. The Balaban J connectivity index is 1.98. The van der Waals surface area contributed by atoms with Crippen LogP contribution in [0.5, 0.6) is 0 Å². The van der Waals surface area contributed by atoms with Gasteiger partial charge < -0.3 is 9.47 Å². The molecule has 0 amide bonds. The van der Waals surface area contributed by atoms with Gasteiger partial charge in [0.05, 0.1) is 12.2 Å². The van der Waals surface area contributed by atoms with Gasteiger partial charge in [0.15, 0.2) is 0 Å². The molecule has 0 radical (unpaired) electrons. The number of benzene rings is 1. The van der Waals surface area contributed by atoms with Crippen molar-refractivity contribution in [2.24, 2.45) is 0 Å².